The SMILES string of the molecule is CCCCCC/C=C\CCCCCCCC(=O)O[C@H](COC(=O)CCCCCCCCCCC/C=C\CCCCCCCC)COP(=O)([O-])OCC[N+](C)(C)C. The Balaban J connectivity index is 4.29. The Bertz CT molecular complexity index is 1010. The molecule has 10 heteroatoms. The summed E-state index contributed by atoms with van der Waals surface area (Å²) in [6, 6.07) is 0. The van der Waals surface area contributed by atoms with E-state index >= 15 is 0 Å². The minimum absolute atomic E-state index is 0.0314. The predicted molar refractivity (Wildman–Crippen MR) is 231 cm³/mol. The Labute approximate surface area is 345 Å². The zero-order valence-electron chi connectivity index (χ0n) is 37.1. The number of hydrogen-bond donors (Lipinski definition) is 0. The van der Waals surface area contributed by atoms with Crippen LogP contribution in [0.25, 0.3) is 0 Å². The molecule has 0 amide bonds. The number of esters is 2. The molecule has 1 unspecified atom stereocenters. The van der Waals surface area contributed by atoms with Gasteiger partial charge in [0.25, 0.3) is 7.82 Å². The normalized spacial score (nSPS) is 13.8. The van der Waals surface area contributed by atoms with Crippen LogP contribution < -0.4 is 4.89 Å². The second kappa shape index (κ2) is 39.0. The lowest BCUT2D eigenvalue weighted by atomic mass is 10.1. The van der Waals surface area contributed by atoms with E-state index in [-0.39, 0.29) is 32.0 Å². The van der Waals surface area contributed by atoms with Gasteiger partial charge in [0, 0.05) is 12.8 Å². The smallest absolute Gasteiger partial charge is 0.306 e. The molecule has 0 bridgehead atoms. The van der Waals surface area contributed by atoms with Gasteiger partial charge in [-0.25, -0.2) is 0 Å². The molecule has 9 nitrogen and oxygen atoms in total. The quantitative estimate of drug-likeness (QED) is 0.0197. The van der Waals surface area contributed by atoms with E-state index in [0.29, 0.717) is 17.4 Å². The van der Waals surface area contributed by atoms with Crippen LogP contribution in [0.2, 0.25) is 0 Å². The first-order valence-corrected chi connectivity index (χ1v) is 24.5. The number of carbonyl (C=O) groups is 2. The van der Waals surface area contributed by atoms with Gasteiger partial charge in [0.15, 0.2) is 6.10 Å². The first-order valence-electron chi connectivity index (χ1n) is 23.0. The largest absolute Gasteiger partial charge is 0.756 e. The van der Waals surface area contributed by atoms with Gasteiger partial charge in [-0.05, 0) is 64.2 Å². The summed E-state index contributed by atoms with van der Waals surface area (Å²) in [5.41, 5.74) is 0. The number of phosphoric ester groups is 1. The van der Waals surface area contributed by atoms with Crippen molar-refractivity contribution in [3.8, 4) is 0 Å². The van der Waals surface area contributed by atoms with Crippen molar-refractivity contribution in [2.24, 2.45) is 0 Å². The molecule has 0 radical (unpaired) electrons. The van der Waals surface area contributed by atoms with E-state index in [1.165, 1.54) is 122 Å². The van der Waals surface area contributed by atoms with E-state index in [9.17, 15) is 19.0 Å². The molecule has 0 aliphatic rings. The summed E-state index contributed by atoms with van der Waals surface area (Å²) in [6.07, 6.45) is 42.0. The van der Waals surface area contributed by atoms with E-state index in [1.807, 2.05) is 21.1 Å². The molecule has 0 rings (SSSR count). The molecule has 0 N–H and O–H groups in total. The molecule has 330 valence electrons. The van der Waals surface area contributed by atoms with E-state index in [1.54, 1.807) is 0 Å². The Morgan fingerprint density at radius 1 is 0.536 bits per heavy atom. The molecule has 0 saturated carbocycles. The van der Waals surface area contributed by atoms with Crippen molar-refractivity contribution in [3.63, 3.8) is 0 Å². The van der Waals surface area contributed by atoms with Crippen molar-refractivity contribution >= 4 is 19.8 Å². The molecule has 0 aromatic carbocycles. The highest BCUT2D eigenvalue weighted by Gasteiger charge is 2.21. The summed E-state index contributed by atoms with van der Waals surface area (Å²) < 4.78 is 33.9. The van der Waals surface area contributed by atoms with Crippen molar-refractivity contribution in [2.75, 3.05) is 47.5 Å². The Morgan fingerprint density at radius 3 is 1.34 bits per heavy atom. The molecule has 0 aromatic heterocycles. The van der Waals surface area contributed by atoms with Gasteiger partial charge < -0.3 is 27.9 Å². The van der Waals surface area contributed by atoms with Gasteiger partial charge in [-0.2, -0.15) is 0 Å². The van der Waals surface area contributed by atoms with Crippen LogP contribution in [-0.2, 0) is 32.7 Å². The number of ether oxygens (including phenoxy) is 2. The minimum Gasteiger partial charge on any atom is -0.756 e. The van der Waals surface area contributed by atoms with Gasteiger partial charge in [-0.1, -0.05) is 154 Å². The number of carbonyl (C=O) groups excluding carboxylic acids is 2. The van der Waals surface area contributed by atoms with Gasteiger partial charge in [0.05, 0.1) is 27.7 Å². The molecular weight excluding hydrogens is 725 g/mol. The molecule has 0 heterocycles. The van der Waals surface area contributed by atoms with Gasteiger partial charge in [-0.15, -0.1) is 0 Å². The fraction of sp³-hybridized carbons (Fsp3) is 0.870. The van der Waals surface area contributed by atoms with Crippen molar-refractivity contribution in [2.45, 2.75) is 213 Å². The second-order valence-corrected chi connectivity index (χ2v) is 18.2. The molecule has 2 atom stereocenters. The molecule has 0 aromatic rings. The molecule has 0 aliphatic heterocycles. The van der Waals surface area contributed by atoms with Crippen LogP contribution in [0.5, 0.6) is 0 Å². The predicted octanol–water partition coefficient (Wildman–Crippen LogP) is 12.5. The third-order valence-electron chi connectivity index (χ3n) is 9.94. The van der Waals surface area contributed by atoms with Crippen LogP contribution in [0.15, 0.2) is 24.3 Å². The minimum atomic E-state index is -4.62. The average Bonchev–Trinajstić information content (AvgIpc) is 3.15. The lowest BCUT2D eigenvalue weighted by Crippen LogP contribution is -2.37. The second-order valence-electron chi connectivity index (χ2n) is 16.8. The van der Waals surface area contributed by atoms with E-state index in [4.69, 9.17) is 18.5 Å². The first kappa shape index (κ1) is 54.5. The summed E-state index contributed by atoms with van der Waals surface area (Å²) in [4.78, 5) is 37.5. The number of nitrogens with zero attached hydrogens (tertiary/aromatic N) is 1. The molecule has 56 heavy (non-hydrogen) atoms. The van der Waals surface area contributed by atoms with Crippen molar-refractivity contribution in [3.05, 3.63) is 24.3 Å². The molecule has 0 spiro atoms. The first-order chi connectivity index (χ1) is 27.0. The lowest BCUT2D eigenvalue weighted by molar-refractivity contribution is -0.870. The molecule has 0 saturated heterocycles. The van der Waals surface area contributed by atoms with Crippen molar-refractivity contribution in [1.82, 2.24) is 0 Å². The topological polar surface area (TPSA) is 111 Å². The van der Waals surface area contributed by atoms with Crippen molar-refractivity contribution < 1.29 is 42.1 Å². The zero-order valence-corrected chi connectivity index (χ0v) is 38.0. The van der Waals surface area contributed by atoms with Crippen LogP contribution in [0, 0.1) is 0 Å². The maximum Gasteiger partial charge on any atom is 0.306 e. The number of phosphoric acid groups is 1. The summed E-state index contributed by atoms with van der Waals surface area (Å²) in [6.45, 7) is 4.21. The van der Waals surface area contributed by atoms with Gasteiger partial charge in [0.1, 0.15) is 19.8 Å². The molecule has 0 fully saturated rings. The highest BCUT2D eigenvalue weighted by Crippen LogP contribution is 2.38. The Hall–Kier alpha value is -1.51. The van der Waals surface area contributed by atoms with Gasteiger partial charge >= 0.3 is 11.9 Å². The molecule has 0 aliphatic carbocycles. The highest BCUT2D eigenvalue weighted by molar-refractivity contribution is 7.45. The fourth-order valence-electron chi connectivity index (χ4n) is 6.29. The Morgan fingerprint density at radius 2 is 0.911 bits per heavy atom. The van der Waals surface area contributed by atoms with Gasteiger partial charge in [0.2, 0.25) is 0 Å². The summed E-state index contributed by atoms with van der Waals surface area (Å²) in [7, 11) is 1.16. The Kier molecular flexibility index (Phi) is 37.9. The van der Waals surface area contributed by atoms with Crippen molar-refractivity contribution in [1.29, 1.82) is 0 Å². The maximum atomic E-state index is 12.7. The average molecular weight is 814 g/mol. The van der Waals surface area contributed by atoms with Crippen LogP contribution in [0.3, 0.4) is 0 Å². The van der Waals surface area contributed by atoms with Crippen LogP contribution in [0.4, 0.5) is 0 Å². The monoisotopic (exact) mass is 814 g/mol. The number of hydrogen-bond acceptors (Lipinski definition) is 8. The maximum absolute atomic E-state index is 12.7. The fourth-order valence-corrected chi connectivity index (χ4v) is 7.02. The summed E-state index contributed by atoms with van der Waals surface area (Å²) in [5.74, 6) is -0.842. The standard InChI is InChI=1S/C46H88NO8P/c1-6-8-10-12-14-16-18-20-21-22-23-24-25-27-28-30-32-34-36-38-45(48)52-42-44(43-54-56(50,51)53-41-40-47(3,4)5)55-46(49)39-37-35-33-31-29-26-19-17-15-13-11-9-7-2/h17,19-21,44H,6-16,18,22-43H2,1-5H3/b19-17-,21-20-/t44-/m1/s1. The highest BCUT2D eigenvalue weighted by atomic mass is 31.2. The van der Waals surface area contributed by atoms with E-state index in [0.717, 1.165) is 51.4 Å². The lowest BCUT2D eigenvalue weighted by Gasteiger charge is -2.28. The third-order valence-corrected chi connectivity index (χ3v) is 10.9. The number of likely N-dealkylation sites (N-methyl/N-ethyl adjacent to an activating group) is 1. The number of quaternary nitrogens is 1. The number of allylic oxidation sites excluding steroid dienone is 4. The summed E-state index contributed by atoms with van der Waals surface area (Å²) in [5, 5.41) is 0. The van der Waals surface area contributed by atoms with Crippen LogP contribution >= 0.6 is 7.82 Å². The van der Waals surface area contributed by atoms with E-state index in [2.05, 4.69) is 38.2 Å². The van der Waals surface area contributed by atoms with E-state index < -0.39 is 26.5 Å². The van der Waals surface area contributed by atoms with Crippen LogP contribution in [0.1, 0.15) is 206 Å². The number of rotatable bonds is 42. The zero-order chi connectivity index (χ0) is 41.4. The summed E-state index contributed by atoms with van der Waals surface area (Å²) >= 11 is 0. The molecular formula is C46H88NO8P. The van der Waals surface area contributed by atoms with Gasteiger partial charge in [-0.3, -0.25) is 14.2 Å². The van der Waals surface area contributed by atoms with Crippen LogP contribution in [-0.4, -0.2) is 70.0 Å². The third kappa shape index (κ3) is 42.1. The number of unbranched alkanes of at least 4 members (excludes halogenated alkanes) is 24.